The molecule has 0 bridgehead atoms. The van der Waals surface area contributed by atoms with E-state index < -0.39 is 0 Å². The van der Waals surface area contributed by atoms with Crippen LogP contribution in [0.3, 0.4) is 0 Å². The average molecular weight is 244 g/mol. The standard InChI is InChI=1S/C14H16N2S/c1-10-4-3-5-12(8-10)17-13-6-7-14(11(2)15)16-9-13/h3-9,11H,15H2,1-2H3. The molecule has 0 fully saturated rings. The Labute approximate surface area is 106 Å². The van der Waals surface area contributed by atoms with Gasteiger partial charge in [-0.2, -0.15) is 0 Å². The van der Waals surface area contributed by atoms with Crippen molar-refractivity contribution in [2.24, 2.45) is 5.73 Å². The van der Waals surface area contributed by atoms with E-state index in [9.17, 15) is 0 Å². The van der Waals surface area contributed by atoms with Gasteiger partial charge in [0.2, 0.25) is 0 Å². The summed E-state index contributed by atoms with van der Waals surface area (Å²) in [6.07, 6.45) is 1.88. The van der Waals surface area contributed by atoms with E-state index in [0.29, 0.717) is 0 Å². The molecule has 88 valence electrons. The highest BCUT2D eigenvalue weighted by Crippen LogP contribution is 2.27. The molecule has 1 atom stereocenters. The number of pyridine rings is 1. The molecule has 2 aromatic rings. The zero-order valence-electron chi connectivity index (χ0n) is 10.1. The number of aryl methyl sites for hydroxylation is 1. The Balaban J connectivity index is 2.14. The lowest BCUT2D eigenvalue weighted by molar-refractivity contribution is 0.777. The van der Waals surface area contributed by atoms with Crippen LogP contribution >= 0.6 is 11.8 Å². The molecule has 0 radical (unpaired) electrons. The van der Waals surface area contributed by atoms with Gasteiger partial charge in [-0.3, -0.25) is 4.98 Å². The third-order valence-electron chi connectivity index (χ3n) is 2.45. The lowest BCUT2D eigenvalue weighted by atomic mass is 10.2. The highest BCUT2D eigenvalue weighted by molar-refractivity contribution is 7.99. The maximum Gasteiger partial charge on any atom is 0.0569 e. The van der Waals surface area contributed by atoms with Crippen molar-refractivity contribution in [2.75, 3.05) is 0 Å². The molecule has 0 amide bonds. The molecule has 1 aromatic carbocycles. The number of rotatable bonds is 3. The summed E-state index contributed by atoms with van der Waals surface area (Å²) in [6, 6.07) is 12.5. The fraction of sp³-hybridized carbons (Fsp3) is 0.214. The van der Waals surface area contributed by atoms with Crippen molar-refractivity contribution in [1.29, 1.82) is 0 Å². The second-order valence-corrected chi connectivity index (χ2v) is 5.27. The lowest BCUT2D eigenvalue weighted by Gasteiger charge is -2.06. The zero-order valence-corrected chi connectivity index (χ0v) is 10.9. The van der Waals surface area contributed by atoms with Gasteiger partial charge in [0, 0.05) is 22.0 Å². The molecule has 0 aliphatic carbocycles. The number of benzene rings is 1. The SMILES string of the molecule is Cc1cccc(Sc2ccc(C(C)N)nc2)c1. The molecule has 17 heavy (non-hydrogen) atoms. The Morgan fingerprint density at radius 1 is 1.18 bits per heavy atom. The molecular weight excluding hydrogens is 228 g/mol. The quantitative estimate of drug-likeness (QED) is 0.897. The summed E-state index contributed by atoms with van der Waals surface area (Å²) < 4.78 is 0. The molecule has 1 unspecified atom stereocenters. The molecule has 2 rings (SSSR count). The molecule has 0 saturated heterocycles. The van der Waals surface area contributed by atoms with E-state index in [2.05, 4.69) is 42.2 Å². The van der Waals surface area contributed by atoms with Crippen molar-refractivity contribution < 1.29 is 0 Å². The molecular formula is C14H16N2S. The van der Waals surface area contributed by atoms with Crippen LogP contribution in [0, 0.1) is 6.92 Å². The second kappa shape index (κ2) is 5.34. The van der Waals surface area contributed by atoms with Crippen LogP contribution in [0.2, 0.25) is 0 Å². The van der Waals surface area contributed by atoms with E-state index in [-0.39, 0.29) is 6.04 Å². The van der Waals surface area contributed by atoms with Crippen LogP contribution in [0.25, 0.3) is 0 Å². The molecule has 2 N–H and O–H groups in total. The maximum absolute atomic E-state index is 5.77. The van der Waals surface area contributed by atoms with Gasteiger partial charge < -0.3 is 5.73 Å². The van der Waals surface area contributed by atoms with Gasteiger partial charge in [-0.25, -0.2) is 0 Å². The number of hydrogen-bond acceptors (Lipinski definition) is 3. The molecule has 0 aliphatic heterocycles. The maximum atomic E-state index is 5.77. The van der Waals surface area contributed by atoms with E-state index >= 15 is 0 Å². The van der Waals surface area contributed by atoms with Crippen LogP contribution in [-0.4, -0.2) is 4.98 Å². The topological polar surface area (TPSA) is 38.9 Å². The predicted molar refractivity (Wildman–Crippen MR) is 72.1 cm³/mol. The third-order valence-corrected chi connectivity index (χ3v) is 3.42. The van der Waals surface area contributed by atoms with Crippen LogP contribution in [0.4, 0.5) is 0 Å². The van der Waals surface area contributed by atoms with E-state index in [1.165, 1.54) is 10.5 Å². The first kappa shape index (κ1) is 12.1. The van der Waals surface area contributed by atoms with Crippen molar-refractivity contribution in [3.05, 3.63) is 53.9 Å². The summed E-state index contributed by atoms with van der Waals surface area (Å²) in [5.74, 6) is 0. The molecule has 2 nitrogen and oxygen atoms in total. The Kier molecular flexibility index (Phi) is 3.82. The molecule has 3 heteroatoms. The summed E-state index contributed by atoms with van der Waals surface area (Å²) in [5, 5.41) is 0. The minimum absolute atomic E-state index is 0.00646. The highest BCUT2D eigenvalue weighted by atomic mass is 32.2. The Morgan fingerprint density at radius 3 is 2.59 bits per heavy atom. The Morgan fingerprint density at radius 2 is 2.00 bits per heavy atom. The van der Waals surface area contributed by atoms with Gasteiger partial charge in [-0.1, -0.05) is 29.5 Å². The molecule has 1 heterocycles. The van der Waals surface area contributed by atoms with Crippen molar-refractivity contribution in [2.45, 2.75) is 29.7 Å². The second-order valence-electron chi connectivity index (χ2n) is 4.13. The van der Waals surface area contributed by atoms with Gasteiger partial charge in [0.15, 0.2) is 0 Å². The van der Waals surface area contributed by atoms with Gasteiger partial charge in [0.05, 0.1) is 5.69 Å². The van der Waals surface area contributed by atoms with Gasteiger partial charge in [-0.05, 0) is 38.1 Å². The van der Waals surface area contributed by atoms with Crippen molar-refractivity contribution in [3.8, 4) is 0 Å². The summed E-state index contributed by atoms with van der Waals surface area (Å²) >= 11 is 1.72. The fourth-order valence-electron chi connectivity index (χ4n) is 1.54. The lowest BCUT2D eigenvalue weighted by Crippen LogP contribution is -2.06. The van der Waals surface area contributed by atoms with Gasteiger partial charge in [-0.15, -0.1) is 0 Å². The number of aromatic nitrogens is 1. The summed E-state index contributed by atoms with van der Waals surface area (Å²) in [7, 11) is 0. The molecule has 0 saturated carbocycles. The summed E-state index contributed by atoms with van der Waals surface area (Å²) in [4.78, 5) is 6.73. The van der Waals surface area contributed by atoms with E-state index in [1.54, 1.807) is 11.8 Å². The molecule has 0 spiro atoms. The minimum atomic E-state index is -0.00646. The minimum Gasteiger partial charge on any atom is -0.323 e. The van der Waals surface area contributed by atoms with Crippen LogP contribution in [-0.2, 0) is 0 Å². The van der Waals surface area contributed by atoms with E-state index in [1.807, 2.05) is 19.2 Å². The Hall–Kier alpha value is -1.32. The smallest absolute Gasteiger partial charge is 0.0569 e. The Bertz CT molecular complexity index is 492. The number of nitrogens with two attached hydrogens (primary N) is 1. The van der Waals surface area contributed by atoms with Crippen molar-refractivity contribution >= 4 is 11.8 Å². The molecule has 0 aliphatic rings. The van der Waals surface area contributed by atoms with E-state index in [4.69, 9.17) is 5.73 Å². The predicted octanol–water partition coefficient (Wildman–Crippen LogP) is 3.56. The monoisotopic (exact) mass is 244 g/mol. The van der Waals surface area contributed by atoms with E-state index in [0.717, 1.165) is 10.6 Å². The average Bonchev–Trinajstić information content (AvgIpc) is 2.29. The van der Waals surface area contributed by atoms with Crippen LogP contribution < -0.4 is 5.73 Å². The van der Waals surface area contributed by atoms with Gasteiger partial charge >= 0.3 is 0 Å². The number of nitrogens with zero attached hydrogens (tertiary/aromatic N) is 1. The van der Waals surface area contributed by atoms with Crippen LogP contribution in [0.5, 0.6) is 0 Å². The largest absolute Gasteiger partial charge is 0.323 e. The highest BCUT2D eigenvalue weighted by Gasteiger charge is 2.02. The van der Waals surface area contributed by atoms with Crippen LogP contribution in [0.1, 0.15) is 24.2 Å². The number of hydrogen-bond donors (Lipinski definition) is 1. The summed E-state index contributed by atoms with van der Waals surface area (Å²) in [5.41, 5.74) is 7.97. The third kappa shape index (κ3) is 3.32. The first-order valence-electron chi connectivity index (χ1n) is 5.61. The van der Waals surface area contributed by atoms with Crippen LogP contribution in [0.15, 0.2) is 52.4 Å². The first-order chi connectivity index (χ1) is 8.15. The summed E-state index contributed by atoms with van der Waals surface area (Å²) in [6.45, 7) is 4.04. The first-order valence-corrected chi connectivity index (χ1v) is 6.43. The van der Waals surface area contributed by atoms with Gasteiger partial charge in [0.1, 0.15) is 0 Å². The molecule has 1 aromatic heterocycles. The van der Waals surface area contributed by atoms with Crippen molar-refractivity contribution in [3.63, 3.8) is 0 Å². The van der Waals surface area contributed by atoms with Crippen molar-refractivity contribution in [1.82, 2.24) is 4.98 Å². The zero-order chi connectivity index (χ0) is 12.3. The normalized spacial score (nSPS) is 12.4. The van der Waals surface area contributed by atoms with Gasteiger partial charge in [0.25, 0.3) is 0 Å². The fourth-order valence-corrected chi connectivity index (χ4v) is 2.44.